The van der Waals surface area contributed by atoms with Crippen LogP contribution in [0.25, 0.3) is 10.4 Å². The topological polar surface area (TPSA) is 86.1 Å². The van der Waals surface area contributed by atoms with E-state index < -0.39 is 12.0 Å². The summed E-state index contributed by atoms with van der Waals surface area (Å²) in [5, 5.41) is 11.3. The largest absolute Gasteiger partial charge is 0.481 e. The van der Waals surface area contributed by atoms with Gasteiger partial charge >= 0.3 is 5.97 Å². The molecule has 10 heavy (non-hydrogen) atoms. The fraction of sp³-hybridized carbons (Fsp3) is 0.400. The van der Waals surface area contributed by atoms with Gasteiger partial charge in [0.2, 0.25) is 0 Å². The first kappa shape index (κ1) is 8.52. The van der Waals surface area contributed by atoms with E-state index in [1.54, 1.807) is 0 Å². The van der Waals surface area contributed by atoms with Crippen LogP contribution in [0.3, 0.4) is 0 Å². The minimum absolute atomic E-state index is 0.166. The van der Waals surface area contributed by atoms with E-state index in [2.05, 4.69) is 16.6 Å². The molecular weight excluding hydrogens is 134 g/mol. The Bertz CT molecular complexity index is 181. The zero-order valence-electron chi connectivity index (χ0n) is 5.27. The Labute approximate surface area is 57.6 Å². The number of nitrogens with zero attached hydrogens (tertiary/aromatic N) is 3. The first-order chi connectivity index (χ1) is 4.72. The second-order valence-corrected chi connectivity index (χ2v) is 1.58. The standard InChI is InChI=1S/C5H7N3O2/c1-2-3-4(5(9)10)7-8-6/h2,4H,1,3H2,(H,9,10)/t4-/m0/s1. The van der Waals surface area contributed by atoms with E-state index >= 15 is 0 Å². The lowest BCUT2D eigenvalue weighted by atomic mass is 10.2. The molecule has 0 heterocycles. The Morgan fingerprint density at radius 3 is 2.90 bits per heavy atom. The Hall–Kier alpha value is -1.48. The van der Waals surface area contributed by atoms with Crippen molar-refractivity contribution in [3.8, 4) is 0 Å². The summed E-state index contributed by atoms with van der Waals surface area (Å²) in [4.78, 5) is 12.5. The molecule has 0 radical (unpaired) electrons. The minimum Gasteiger partial charge on any atom is -0.481 e. The summed E-state index contributed by atoms with van der Waals surface area (Å²) in [5.74, 6) is -1.13. The maximum absolute atomic E-state index is 10.2. The Balaban J connectivity index is 4.10. The average molecular weight is 141 g/mol. The molecule has 0 aromatic heterocycles. The van der Waals surface area contributed by atoms with Crippen molar-refractivity contribution < 1.29 is 9.90 Å². The summed E-state index contributed by atoms with van der Waals surface area (Å²) in [7, 11) is 0. The molecule has 0 rings (SSSR count). The summed E-state index contributed by atoms with van der Waals surface area (Å²) in [6.45, 7) is 3.32. The van der Waals surface area contributed by atoms with Crippen LogP contribution in [0.4, 0.5) is 0 Å². The van der Waals surface area contributed by atoms with Gasteiger partial charge in [-0.1, -0.05) is 11.2 Å². The molecule has 0 amide bonds. The molecule has 0 aliphatic carbocycles. The van der Waals surface area contributed by atoms with Gasteiger partial charge in [0.05, 0.1) is 0 Å². The van der Waals surface area contributed by atoms with Crippen molar-refractivity contribution in [1.29, 1.82) is 0 Å². The molecule has 1 atom stereocenters. The normalized spacial score (nSPS) is 11.2. The summed E-state index contributed by atoms with van der Waals surface area (Å²) >= 11 is 0. The number of hydrogen-bond donors (Lipinski definition) is 1. The first-order valence-electron chi connectivity index (χ1n) is 2.60. The Morgan fingerprint density at radius 1 is 2.00 bits per heavy atom. The van der Waals surface area contributed by atoms with Crippen LogP contribution >= 0.6 is 0 Å². The van der Waals surface area contributed by atoms with Crippen molar-refractivity contribution in [2.45, 2.75) is 12.5 Å². The second kappa shape index (κ2) is 4.40. The van der Waals surface area contributed by atoms with E-state index in [0.717, 1.165) is 0 Å². The molecule has 0 aromatic carbocycles. The molecule has 0 bridgehead atoms. The van der Waals surface area contributed by atoms with Crippen LogP contribution < -0.4 is 0 Å². The number of aliphatic carboxylic acids is 1. The predicted octanol–water partition coefficient (Wildman–Crippen LogP) is 1.33. The summed E-state index contributed by atoms with van der Waals surface area (Å²) in [6.07, 6.45) is 1.56. The maximum atomic E-state index is 10.2. The van der Waals surface area contributed by atoms with Gasteiger partial charge < -0.3 is 5.11 Å². The highest BCUT2D eigenvalue weighted by Gasteiger charge is 2.11. The Morgan fingerprint density at radius 2 is 2.60 bits per heavy atom. The van der Waals surface area contributed by atoms with Gasteiger partial charge in [0, 0.05) is 4.91 Å². The fourth-order valence-corrected chi connectivity index (χ4v) is 0.418. The lowest BCUT2D eigenvalue weighted by Crippen LogP contribution is -2.15. The smallest absolute Gasteiger partial charge is 0.312 e. The van der Waals surface area contributed by atoms with Gasteiger partial charge in [-0.25, -0.2) is 0 Å². The van der Waals surface area contributed by atoms with Crippen molar-refractivity contribution in [3.63, 3.8) is 0 Å². The highest BCUT2D eigenvalue weighted by Crippen LogP contribution is 1.98. The number of carbonyl (C=O) groups is 1. The summed E-state index contributed by atoms with van der Waals surface area (Å²) < 4.78 is 0. The summed E-state index contributed by atoms with van der Waals surface area (Å²) in [5.41, 5.74) is 7.87. The van der Waals surface area contributed by atoms with Crippen molar-refractivity contribution in [2.24, 2.45) is 5.11 Å². The van der Waals surface area contributed by atoms with E-state index in [4.69, 9.17) is 10.6 Å². The van der Waals surface area contributed by atoms with Crippen molar-refractivity contribution >= 4 is 5.97 Å². The molecule has 0 spiro atoms. The van der Waals surface area contributed by atoms with Crippen molar-refractivity contribution in [3.05, 3.63) is 23.1 Å². The third-order valence-corrected chi connectivity index (χ3v) is 0.866. The number of hydrogen-bond acceptors (Lipinski definition) is 2. The molecule has 0 aromatic rings. The number of carboxylic acids is 1. The quantitative estimate of drug-likeness (QED) is 0.277. The van der Waals surface area contributed by atoms with Crippen LogP contribution in [0.2, 0.25) is 0 Å². The SMILES string of the molecule is C=CC[C@H](N=[N+]=[N-])C(=O)O. The Kier molecular flexibility index (Phi) is 3.75. The zero-order chi connectivity index (χ0) is 7.98. The van der Waals surface area contributed by atoms with Crippen LogP contribution in [0, 0.1) is 0 Å². The van der Waals surface area contributed by atoms with E-state index in [9.17, 15) is 4.79 Å². The fourth-order valence-electron chi connectivity index (χ4n) is 0.418. The minimum atomic E-state index is -1.13. The zero-order valence-corrected chi connectivity index (χ0v) is 5.27. The van der Waals surface area contributed by atoms with Gasteiger partial charge in [0.25, 0.3) is 0 Å². The van der Waals surface area contributed by atoms with Crippen LogP contribution in [-0.2, 0) is 4.79 Å². The molecule has 0 fully saturated rings. The monoisotopic (exact) mass is 141 g/mol. The average Bonchev–Trinajstić information content (AvgIpc) is 1.87. The van der Waals surface area contributed by atoms with Gasteiger partial charge in [0.15, 0.2) is 0 Å². The van der Waals surface area contributed by atoms with Crippen LogP contribution in [0.15, 0.2) is 17.8 Å². The molecule has 5 heteroatoms. The van der Waals surface area contributed by atoms with Crippen LogP contribution in [0.1, 0.15) is 6.42 Å². The molecule has 0 saturated heterocycles. The molecule has 0 saturated carbocycles. The van der Waals surface area contributed by atoms with E-state index in [0.29, 0.717) is 0 Å². The molecular formula is C5H7N3O2. The van der Waals surface area contributed by atoms with Crippen molar-refractivity contribution in [1.82, 2.24) is 0 Å². The van der Waals surface area contributed by atoms with E-state index in [1.165, 1.54) is 6.08 Å². The van der Waals surface area contributed by atoms with Gasteiger partial charge in [-0.2, -0.15) is 0 Å². The maximum Gasteiger partial charge on any atom is 0.312 e. The summed E-state index contributed by atoms with van der Waals surface area (Å²) in [6, 6.07) is -1.01. The van der Waals surface area contributed by atoms with Gasteiger partial charge in [-0.05, 0) is 12.0 Å². The molecule has 1 N–H and O–H groups in total. The van der Waals surface area contributed by atoms with Crippen molar-refractivity contribution in [2.75, 3.05) is 0 Å². The molecule has 0 aliphatic heterocycles. The second-order valence-electron chi connectivity index (χ2n) is 1.58. The lowest BCUT2D eigenvalue weighted by Gasteiger charge is -1.98. The number of carboxylic acid groups (broad SMARTS) is 1. The first-order valence-corrected chi connectivity index (χ1v) is 2.60. The molecule has 5 nitrogen and oxygen atoms in total. The third-order valence-electron chi connectivity index (χ3n) is 0.866. The predicted molar refractivity (Wildman–Crippen MR) is 35.4 cm³/mol. The highest BCUT2D eigenvalue weighted by molar-refractivity contribution is 5.73. The van der Waals surface area contributed by atoms with Gasteiger partial charge in [-0.15, -0.1) is 6.58 Å². The van der Waals surface area contributed by atoms with Crippen LogP contribution in [0.5, 0.6) is 0 Å². The molecule has 54 valence electrons. The number of rotatable bonds is 4. The third kappa shape index (κ3) is 2.74. The van der Waals surface area contributed by atoms with Gasteiger partial charge in [-0.3, -0.25) is 4.79 Å². The van der Waals surface area contributed by atoms with Gasteiger partial charge in [0.1, 0.15) is 6.04 Å². The van der Waals surface area contributed by atoms with Crippen LogP contribution in [-0.4, -0.2) is 17.1 Å². The molecule has 0 aliphatic rings. The highest BCUT2D eigenvalue weighted by atomic mass is 16.4. The van der Waals surface area contributed by atoms with E-state index in [-0.39, 0.29) is 6.42 Å². The molecule has 0 unspecified atom stereocenters. The van der Waals surface area contributed by atoms with E-state index in [1.807, 2.05) is 0 Å². The number of azide groups is 1. The lowest BCUT2D eigenvalue weighted by molar-refractivity contribution is -0.138.